The molecule has 0 saturated heterocycles. The summed E-state index contributed by atoms with van der Waals surface area (Å²) in [6.07, 6.45) is 3.51. The first-order valence-electron chi connectivity index (χ1n) is 11.9. The van der Waals surface area contributed by atoms with E-state index < -0.39 is 40.0 Å². The smallest absolute Gasteiger partial charge is 0.204 e. The van der Waals surface area contributed by atoms with Gasteiger partial charge in [-0.15, -0.1) is 0 Å². The number of phenolic OH excluding ortho intramolecular Hbond substituents is 3. The average molecular weight is 513 g/mol. The molecule has 1 aromatic heterocycles. The first-order valence-corrected chi connectivity index (χ1v) is 11.9. The van der Waals surface area contributed by atoms with Crippen LogP contribution in [0.4, 0.5) is 0 Å². The van der Waals surface area contributed by atoms with Crippen molar-refractivity contribution in [2.45, 2.75) is 64.8 Å². The molecule has 2 aromatic carbocycles. The summed E-state index contributed by atoms with van der Waals surface area (Å²) in [4.78, 5) is 13.9. The van der Waals surface area contributed by atoms with Crippen LogP contribution in [0.15, 0.2) is 33.0 Å². The quantitative estimate of drug-likeness (QED) is 0.165. The molecular weight excluding hydrogens is 480 g/mol. The molecule has 1 aliphatic rings. The second-order valence-corrected chi connectivity index (χ2v) is 10.6. The van der Waals surface area contributed by atoms with Gasteiger partial charge in [0.1, 0.15) is 33.7 Å². The molecule has 9 heteroatoms. The van der Waals surface area contributed by atoms with Gasteiger partial charge in [-0.25, -0.2) is 0 Å². The molecule has 0 spiro atoms. The Labute approximate surface area is 213 Å². The van der Waals surface area contributed by atoms with E-state index in [1.165, 1.54) is 13.8 Å². The number of allylic oxidation sites excluding steroid dienone is 1. The molecule has 0 saturated carbocycles. The number of aromatic hydroxyl groups is 3. The third kappa shape index (κ3) is 4.66. The molecule has 0 fully saturated rings. The van der Waals surface area contributed by atoms with Gasteiger partial charge in [0.2, 0.25) is 5.43 Å². The Morgan fingerprint density at radius 3 is 2.43 bits per heavy atom. The fourth-order valence-electron chi connectivity index (χ4n) is 4.36. The molecule has 37 heavy (non-hydrogen) atoms. The highest BCUT2D eigenvalue weighted by Gasteiger charge is 2.34. The van der Waals surface area contributed by atoms with Gasteiger partial charge in [-0.3, -0.25) is 4.79 Å². The minimum absolute atomic E-state index is 0.00652. The summed E-state index contributed by atoms with van der Waals surface area (Å²) in [5.41, 5.74) is -1.91. The summed E-state index contributed by atoms with van der Waals surface area (Å²) in [6, 6.07) is 1.11. The maximum absolute atomic E-state index is 13.9. The summed E-state index contributed by atoms with van der Waals surface area (Å²) in [7, 11) is 0. The van der Waals surface area contributed by atoms with Gasteiger partial charge in [-0.05, 0) is 53.2 Å². The van der Waals surface area contributed by atoms with Gasteiger partial charge < -0.3 is 39.8 Å². The molecule has 2 heterocycles. The van der Waals surface area contributed by atoms with Crippen LogP contribution >= 0.6 is 0 Å². The summed E-state index contributed by atoms with van der Waals surface area (Å²) in [5, 5.41) is 62.5. The van der Waals surface area contributed by atoms with Crippen molar-refractivity contribution in [1.82, 2.24) is 0 Å². The maximum atomic E-state index is 13.9. The highest BCUT2D eigenvalue weighted by Crippen LogP contribution is 2.46. The predicted octanol–water partition coefficient (Wildman–Crippen LogP) is 3.40. The Morgan fingerprint density at radius 1 is 1.14 bits per heavy atom. The number of benzene rings is 2. The maximum Gasteiger partial charge on any atom is 0.204 e. The fourth-order valence-corrected chi connectivity index (χ4v) is 4.36. The summed E-state index contributed by atoms with van der Waals surface area (Å²) >= 11 is 0. The van der Waals surface area contributed by atoms with E-state index in [2.05, 4.69) is 0 Å². The molecule has 0 radical (unpaired) electrons. The summed E-state index contributed by atoms with van der Waals surface area (Å²) in [6.45, 7) is 7.93. The topological polar surface area (TPSA) is 161 Å². The van der Waals surface area contributed by atoms with Gasteiger partial charge in [-0.2, -0.15) is 0 Å². The zero-order valence-corrected chi connectivity index (χ0v) is 21.4. The van der Waals surface area contributed by atoms with Crippen molar-refractivity contribution in [1.29, 1.82) is 0 Å². The minimum Gasteiger partial charge on any atom is -0.506 e. The van der Waals surface area contributed by atoms with Crippen molar-refractivity contribution in [2.75, 3.05) is 6.61 Å². The standard InChI is InChI=1S/C28H32O9/c1-13(12-29)6-7-14-20-18(11-17(30)22(14)32)36-26-16(10-19(31)28(4,5)35)25-15(8-9-27(2,3)37-25)23(33)21(26)24(20)34/h6,8-9,11,19,29-33,35H,7,10,12H2,1-5H3/b13-6-/t19-/m0/s1. The van der Waals surface area contributed by atoms with Gasteiger partial charge in [0, 0.05) is 23.6 Å². The minimum atomic E-state index is -1.50. The molecule has 0 unspecified atom stereocenters. The van der Waals surface area contributed by atoms with Gasteiger partial charge in [0.25, 0.3) is 0 Å². The van der Waals surface area contributed by atoms with Crippen LogP contribution in [-0.4, -0.2) is 54.6 Å². The fraction of sp³-hybridized carbons (Fsp3) is 0.393. The molecule has 1 aliphatic heterocycles. The Hall–Kier alpha value is -3.53. The average Bonchev–Trinajstić information content (AvgIpc) is 2.80. The molecule has 198 valence electrons. The molecule has 0 amide bonds. The van der Waals surface area contributed by atoms with Crippen molar-refractivity contribution >= 4 is 28.0 Å². The van der Waals surface area contributed by atoms with E-state index in [1.807, 2.05) is 0 Å². The van der Waals surface area contributed by atoms with Crippen LogP contribution in [-0.2, 0) is 12.8 Å². The lowest BCUT2D eigenvalue weighted by molar-refractivity contribution is -0.0472. The first kappa shape index (κ1) is 26.5. The predicted molar refractivity (Wildman–Crippen MR) is 139 cm³/mol. The highest BCUT2D eigenvalue weighted by molar-refractivity contribution is 6.01. The van der Waals surface area contributed by atoms with Crippen molar-refractivity contribution in [2.24, 2.45) is 0 Å². The lowest BCUT2D eigenvalue weighted by Gasteiger charge is -2.32. The van der Waals surface area contributed by atoms with Crippen molar-refractivity contribution < 1.29 is 39.8 Å². The Bertz CT molecular complexity index is 1520. The molecule has 1 atom stereocenters. The van der Waals surface area contributed by atoms with Crippen molar-refractivity contribution in [3.05, 3.63) is 50.7 Å². The van der Waals surface area contributed by atoms with Crippen LogP contribution in [0.1, 0.15) is 51.3 Å². The van der Waals surface area contributed by atoms with E-state index in [-0.39, 0.29) is 63.8 Å². The number of aliphatic hydroxyl groups excluding tert-OH is 2. The second-order valence-electron chi connectivity index (χ2n) is 10.6. The van der Waals surface area contributed by atoms with Gasteiger partial charge >= 0.3 is 0 Å². The van der Waals surface area contributed by atoms with Crippen molar-refractivity contribution in [3.8, 4) is 23.0 Å². The van der Waals surface area contributed by atoms with E-state index in [0.717, 1.165) is 6.07 Å². The van der Waals surface area contributed by atoms with Crippen LogP contribution in [0.5, 0.6) is 23.0 Å². The Balaban J connectivity index is 2.15. The highest BCUT2D eigenvalue weighted by atomic mass is 16.5. The molecule has 0 bridgehead atoms. The molecule has 0 aliphatic carbocycles. The number of aliphatic hydroxyl groups is 3. The lowest BCUT2D eigenvalue weighted by atomic mass is 9.89. The molecule has 4 rings (SSSR count). The molecule has 3 aromatic rings. The third-order valence-electron chi connectivity index (χ3n) is 6.66. The van der Waals surface area contributed by atoms with E-state index in [0.29, 0.717) is 5.57 Å². The number of ether oxygens (including phenoxy) is 1. The normalized spacial score (nSPS) is 16.2. The second kappa shape index (κ2) is 9.09. The number of rotatable bonds is 6. The van der Waals surface area contributed by atoms with Gasteiger partial charge in [0.15, 0.2) is 11.5 Å². The number of phenols is 3. The zero-order chi connectivity index (χ0) is 27.4. The Kier molecular flexibility index (Phi) is 6.52. The van der Waals surface area contributed by atoms with Crippen molar-refractivity contribution in [3.63, 3.8) is 0 Å². The Morgan fingerprint density at radius 2 is 1.81 bits per heavy atom. The third-order valence-corrected chi connectivity index (χ3v) is 6.66. The SMILES string of the molecule is C/C(=C/Cc1c(O)c(O)cc2oc3c(C[C@H](O)C(C)(C)O)c4c(c(O)c3c(=O)c12)C=CC(C)(C)O4)CO. The monoisotopic (exact) mass is 512 g/mol. The van der Waals surface area contributed by atoms with E-state index in [1.54, 1.807) is 39.0 Å². The molecule has 9 nitrogen and oxygen atoms in total. The van der Waals surface area contributed by atoms with E-state index in [9.17, 15) is 35.4 Å². The number of hydrogen-bond acceptors (Lipinski definition) is 9. The molecular formula is C28H32O9. The van der Waals surface area contributed by atoms with Crippen LogP contribution in [0.2, 0.25) is 0 Å². The largest absolute Gasteiger partial charge is 0.506 e. The zero-order valence-electron chi connectivity index (χ0n) is 21.4. The van der Waals surface area contributed by atoms with E-state index in [4.69, 9.17) is 9.15 Å². The van der Waals surface area contributed by atoms with Gasteiger partial charge in [0.05, 0.1) is 29.3 Å². The van der Waals surface area contributed by atoms with Crippen LogP contribution in [0.25, 0.3) is 28.0 Å². The van der Waals surface area contributed by atoms with Crippen LogP contribution in [0.3, 0.4) is 0 Å². The lowest BCUT2D eigenvalue weighted by Crippen LogP contribution is -2.38. The van der Waals surface area contributed by atoms with Crippen LogP contribution < -0.4 is 10.2 Å². The summed E-state index contributed by atoms with van der Waals surface area (Å²) in [5.74, 6) is -1.22. The first-order chi connectivity index (χ1) is 17.2. The summed E-state index contributed by atoms with van der Waals surface area (Å²) < 4.78 is 12.2. The van der Waals surface area contributed by atoms with Gasteiger partial charge in [-0.1, -0.05) is 11.6 Å². The van der Waals surface area contributed by atoms with E-state index >= 15 is 0 Å². The number of hydrogen-bond donors (Lipinski definition) is 6. The number of fused-ring (bicyclic) bond motifs is 3. The molecule has 6 N–H and O–H groups in total. The van der Waals surface area contributed by atoms with Crippen LogP contribution in [0, 0.1) is 0 Å².